The van der Waals surface area contributed by atoms with E-state index in [4.69, 9.17) is 0 Å². The van der Waals surface area contributed by atoms with Crippen LogP contribution in [0.4, 0.5) is 5.95 Å². The molecule has 1 aliphatic heterocycles. The molecular weight excluding hydrogens is 328 g/mol. The highest BCUT2D eigenvalue weighted by molar-refractivity contribution is 5.91. The number of likely N-dealkylation sites (tertiary alicyclic amines) is 1. The molecule has 2 heterocycles. The summed E-state index contributed by atoms with van der Waals surface area (Å²) in [4.78, 5) is 35.2. The highest BCUT2D eigenvalue weighted by Crippen LogP contribution is 2.26. The lowest BCUT2D eigenvalue weighted by atomic mass is 9.91. The second-order valence-electron chi connectivity index (χ2n) is 6.53. The molecular formula is C20H24N4O2. The maximum atomic E-state index is 12.9. The van der Waals surface area contributed by atoms with E-state index in [1.807, 2.05) is 42.2 Å². The largest absolute Gasteiger partial charge is 0.342 e. The van der Waals surface area contributed by atoms with Crippen LogP contribution in [0.3, 0.4) is 0 Å². The van der Waals surface area contributed by atoms with Crippen LogP contribution >= 0.6 is 0 Å². The molecule has 0 bridgehead atoms. The first-order valence-electron chi connectivity index (χ1n) is 9.10. The Labute approximate surface area is 153 Å². The maximum absolute atomic E-state index is 12.9. The second-order valence-corrected chi connectivity index (χ2v) is 6.53. The van der Waals surface area contributed by atoms with Gasteiger partial charge in [-0.2, -0.15) is 0 Å². The number of aromatic nitrogens is 2. The first-order valence-corrected chi connectivity index (χ1v) is 9.10. The third-order valence-corrected chi connectivity index (χ3v) is 4.89. The molecule has 1 aromatic heterocycles. The van der Waals surface area contributed by atoms with Gasteiger partial charge in [0.1, 0.15) is 0 Å². The van der Waals surface area contributed by atoms with Crippen LogP contribution in [0.2, 0.25) is 0 Å². The van der Waals surface area contributed by atoms with Gasteiger partial charge in [-0.15, -0.1) is 0 Å². The van der Waals surface area contributed by atoms with Crippen LogP contribution in [0.1, 0.15) is 37.7 Å². The van der Waals surface area contributed by atoms with E-state index in [1.165, 1.54) is 0 Å². The molecule has 0 spiro atoms. The van der Waals surface area contributed by atoms with Crippen molar-refractivity contribution in [3.63, 3.8) is 0 Å². The Morgan fingerprint density at radius 2 is 1.77 bits per heavy atom. The Morgan fingerprint density at radius 3 is 2.38 bits per heavy atom. The van der Waals surface area contributed by atoms with Gasteiger partial charge >= 0.3 is 0 Å². The van der Waals surface area contributed by atoms with Gasteiger partial charge in [0.15, 0.2) is 0 Å². The van der Waals surface area contributed by atoms with Crippen LogP contribution in [0, 0.1) is 5.92 Å². The van der Waals surface area contributed by atoms with Crippen molar-refractivity contribution < 1.29 is 9.59 Å². The zero-order chi connectivity index (χ0) is 18.4. The third kappa shape index (κ3) is 4.25. The Morgan fingerprint density at radius 1 is 1.12 bits per heavy atom. The third-order valence-electron chi connectivity index (χ3n) is 4.89. The quantitative estimate of drug-likeness (QED) is 0.898. The number of nitrogens with one attached hydrogen (secondary N) is 1. The summed E-state index contributed by atoms with van der Waals surface area (Å²) < 4.78 is 0. The average molecular weight is 352 g/mol. The number of rotatable bonds is 5. The highest BCUT2D eigenvalue weighted by Gasteiger charge is 2.31. The molecule has 1 N–H and O–H groups in total. The Kier molecular flexibility index (Phi) is 5.94. The molecule has 1 aliphatic rings. The van der Waals surface area contributed by atoms with Crippen LogP contribution in [0.15, 0.2) is 48.8 Å². The molecule has 3 rings (SSSR count). The van der Waals surface area contributed by atoms with Gasteiger partial charge in [-0.3, -0.25) is 14.9 Å². The maximum Gasteiger partial charge on any atom is 0.230 e. The first-order chi connectivity index (χ1) is 12.7. The second kappa shape index (κ2) is 8.56. The molecule has 0 radical (unpaired) electrons. The number of piperidine rings is 1. The molecule has 1 fully saturated rings. The molecule has 0 saturated carbocycles. The van der Waals surface area contributed by atoms with Gasteiger partial charge in [-0.25, -0.2) is 9.97 Å². The van der Waals surface area contributed by atoms with Crippen molar-refractivity contribution in [2.45, 2.75) is 32.1 Å². The van der Waals surface area contributed by atoms with Crippen molar-refractivity contribution in [2.24, 2.45) is 5.92 Å². The summed E-state index contributed by atoms with van der Waals surface area (Å²) >= 11 is 0. The summed E-state index contributed by atoms with van der Waals surface area (Å²) in [5.74, 6) is 0.187. The Bertz CT molecular complexity index is 728. The van der Waals surface area contributed by atoms with E-state index < -0.39 is 0 Å². The molecule has 6 heteroatoms. The summed E-state index contributed by atoms with van der Waals surface area (Å²) in [6.07, 6.45) is 5.29. The lowest BCUT2D eigenvalue weighted by Crippen LogP contribution is -2.43. The van der Waals surface area contributed by atoms with Crippen LogP contribution in [0.25, 0.3) is 0 Å². The SMILES string of the molecule is CCC(C(=O)N1CCC(C(=O)Nc2ncccn2)CC1)c1ccccc1. The van der Waals surface area contributed by atoms with E-state index in [0.717, 1.165) is 12.0 Å². The molecule has 1 aromatic carbocycles. The summed E-state index contributed by atoms with van der Waals surface area (Å²) in [6.45, 7) is 3.25. The lowest BCUT2D eigenvalue weighted by Gasteiger charge is -2.33. The number of anilines is 1. The van der Waals surface area contributed by atoms with Crippen molar-refractivity contribution in [2.75, 3.05) is 18.4 Å². The van der Waals surface area contributed by atoms with Gasteiger partial charge in [0.05, 0.1) is 5.92 Å². The number of carbonyl (C=O) groups is 2. The van der Waals surface area contributed by atoms with E-state index in [0.29, 0.717) is 31.9 Å². The van der Waals surface area contributed by atoms with E-state index in [2.05, 4.69) is 15.3 Å². The minimum Gasteiger partial charge on any atom is -0.342 e. The smallest absolute Gasteiger partial charge is 0.230 e. The summed E-state index contributed by atoms with van der Waals surface area (Å²) in [5, 5.41) is 2.75. The van der Waals surface area contributed by atoms with Crippen molar-refractivity contribution in [1.82, 2.24) is 14.9 Å². The summed E-state index contributed by atoms with van der Waals surface area (Å²) in [5.41, 5.74) is 1.06. The fourth-order valence-corrected chi connectivity index (χ4v) is 3.40. The fraction of sp³-hybridized carbons (Fsp3) is 0.400. The van der Waals surface area contributed by atoms with E-state index in [9.17, 15) is 9.59 Å². The molecule has 26 heavy (non-hydrogen) atoms. The molecule has 1 unspecified atom stereocenters. The number of amides is 2. The van der Waals surface area contributed by atoms with Gasteiger partial charge in [0, 0.05) is 31.4 Å². The van der Waals surface area contributed by atoms with Gasteiger partial charge < -0.3 is 4.90 Å². The summed E-state index contributed by atoms with van der Waals surface area (Å²) in [6, 6.07) is 11.6. The van der Waals surface area contributed by atoms with Crippen LogP contribution in [-0.2, 0) is 9.59 Å². The zero-order valence-corrected chi connectivity index (χ0v) is 15.0. The first kappa shape index (κ1) is 18.0. The number of benzene rings is 1. The minimum atomic E-state index is -0.112. The van der Waals surface area contributed by atoms with Crippen molar-refractivity contribution >= 4 is 17.8 Å². The standard InChI is InChI=1S/C20H24N4O2/c1-2-17(15-7-4-3-5-8-15)19(26)24-13-9-16(10-14-24)18(25)23-20-21-11-6-12-22-20/h3-8,11-12,16-17H,2,9-10,13-14H2,1H3,(H,21,22,23,25). The normalized spacial score (nSPS) is 16.1. The molecule has 2 amide bonds. The highest BCUT2D eigenvalue weighted by atomic mass is 16.2. The molecule has 136 valence electrons. The number of hydrogen-bond acceptors (Lipinski definition) is 4. The van der Waals surface area contributed by atoms with E-state index in [-0.39, 0.29) is 23.7 Å². The molecule has 0 aliphatic carbocycles. The lowest BCUT2D eigenvalue weighted by molar-refractivity contribution is -0.136. The van der Waals surface area contributed by atoms with Gasteiger partial charge in [-0.05, 0) is 30.9 Å². The zero-order valence-electron chi connectivity index (χ0n) is 15.0. The minimum absolute atomic E-state index is 0.0709. The van der Waals surface area contributed by atoms with Gasteiger partial charge in [0.2, 0.25) is 17.8 Å². The van der Waals surface area contributed by atoms with E-state index >= 15 is 0 Å². The van der Waals surface area contributed by atoms with Crippen LogP contribution in [-0.4, -0.2) is 39.8 Å². The topological polar surface area (TPSA) is 75.2 Å². The monoisotopic (exact) mass is 352 g/mol. The van der Waals surface area contributed by atoms with Crippen molar-refractivity contribution in [1.29, 1.82) is 0 Å². The number of hydrogen-bond donors (Lipinski definition) is 1. The Hall–Kier alpha value is -2.76. The predicted molar refractivity (Wildman–Crippen MR) is 99.4 cm³/mol. The average Bonchev–Trinajstić information content (AvgIpc) is 2.70. The number of carbonyl (C=O) groups excluding carboxylic acids is 2. The van der Waals surface area contributed by atoms with E-state index in [1.54, 1.807) is 18.5 Å². The van der Waals surface area contributed by atoms with Crippen LogP contribution < -0.4 is 5.32 Å². The molecule has 2 aromatic rings. The predicted octanol–water partition coefficient (Wildman–Crippen LogP) is 2.85. The molecule has 1 atom stereocenters. The Balaban J connectivity index is 1.56. The fourth-order valence-electron chi connectivity index (χ4n) is 3.40. The van der Waals surface area contributed by atoms with Gasteiger partial charge in [0.25, 0.3) is 0 Å². The van der Waals surface area contributed by atoms with Gasteiger partial charge in [-0.1, -0.05) is 37.3 Å². The van der Waals surface area contributed by atoms with Crippen LogP contribution in [0.5, 0.6) is 0 Å². The molecule has 1 saturated heterocycles. The van der Waals surface area contributed by atoms with Crippen molar-refractivity contribution in [3.8, 4) is 0 Å². The summed E-state index contributed by atoms with van der Waals surface area (Å²) in [7, 11) is 0. The molecule has 6 nitrogen and oxygen atoms in total. The number of nitrogens with zero attached hydrogens (tertiary/aromatic N) is 3. The van der Waals surface area contributed by atoms with Crippen molar-refractivity contribution in [3.05, 3.63) is 54.4 Å².